The van der Waals surface area contributed by atoms with E-state index in [-0.39, 0.29) is 23.0 Å². The van der Waals surface area contributed by atoms with E-state index in [0.29, 0.717) is 5.92 Å². The Bertz CT molecular complexity index is 1290. The first kappa shape index (κ1) is 26.7. The van der Waals surface area contributed by atoms with Crippen molar-refractivity contribution in [2.45, 2.75) is 56.6 Å². The van der Waals surface area contributed by atoms with Crippen LogP contribution in [0.2, 0.25) is 0 Å². The first-order valence-corrected chi connectivity index (χ1v) is 14.0. The molecule has 1 saturated heterocycles. The van der Waals surface area contributed by atoms with Crippen LogP contribution in [-0.4, -0.2) is 68.3 Å². The number of carbonyl (C=O) groups excluding carboxylic acids is 1. The minimum atomic E-state index is -0.307. The molecule has 0 N–H and O–H groups in total. The predicted octanol–water partition coefficient (Wildman–Crippen LogP) is 6.16. The topological polar surface area (TPSA) is 42.0 Å². The summed E-state index contributed by atoms with van der Waals surface area (Å²) >= 11 is 0. The van der Waals surface area contributed by atoms with Crippen LogP contribution < -0.4 is 4.74 Å². The van der Waals surface area contributed by atoms with Gasteiger partial charge >= 0.3 is 0 Å². The molecule has 0 bridgehead atoms. The van der Waals surface area contributed by atoms with Gasteiger partial charge in [0.1, 0.15) is 5.75 Å². The molecule has 5 rings (SSSR count). The maximum absolute atomic E-state index is 14.2. The van der Waals surface area contributed by atoms with Crippen molar-refractivity contribution in [3.8, 4) is 5.75 Å². The van der Waals surface area contributed by atoms with E-state index in [9.17, 15) is 4.79 Å². The average Bonchev–Trinajstić information content (AvgIpc) is 2.94. The van der Waals surface area contributed by atoms with Gasteiger partial charge in [0.25, 0.3) is 5.91 Å². The van der Waals surface area contributed by atoms with Crippen molar-refractivity contribution in [1.29, 1.82) is 0 Å². The van der Waals surface area contributed by atoms with Gasteiger partial charge in [0, 0.05) is 37.2 Å². The van der Waals surface area contributed by atoms with Gasteiger partial charge in [-0.3, -0.25) is 4.79 Å². The van der Waals surface area contributed by atoms with Crippen molar-refractivity contribution >= 4 is 16.7 Å². The fourth-order valence-corrected chi connectivity index (χ4v) is 7.14. The lowest BCUT2D eigenvalue weighted by Gasteiger charge is -2.60. The molecule has 0 radical (unpaired) electrons. The molecule has 3 unspecified atom stereocenters. The minimum absolute atomic E-state index is 0.132. The van der Waals surface area contributed by atoms with E-state index in [1.165, 1.54) is 5.56 Å². The second kappa shape index (κ2) is 10.7. The average molecular weight is 515 g/mol. The minimum Gasteiger partial charge on any atom is -0.497 e. The number of benzene rings is 3. The zero-order chi connectivity index (χ0) is 26.9. The Morgan fingerprint density at radius 1 is 1.03 bits per heavy atom. The molecule has 202 valence electrons. The number of methoxy groups -OCH3 is 2. The van der Waals surface area contributed by atoms with Crippen LogP contribution >= 0.6 is 0 Å². The van der Waals surface area contributed by atoms with Crippen LogP contribution in [0.25, 0.3) is 10.8 Å². The molecule has 2 fully saturated rings. The highest BCUT2D eigenvalue weighted by atomic mass is 16.5. The quantitative estimate of drug-likeness (QED) is 0.379. The third-order valence-electron chi connectivity index (χ3n) is 9.06. The SMILES string of the molecule is COc1cccc(C23CCN(C)CC2(OC)CCC(N(CC(C)C)C(=O)c2ccc4ccccc4c2)C3)c1. The van der Waals surface area contributed by atoms with E-state index in [1.54, 1.807) is 7.11 Å². The molecule has 5 heteroatoms. The highest BCUT2D eigenvalue weighted by Crippen LogP contribution is 2.54. The molecule has 1 aliphatic carbocycles. The Balaban J connectivity index is 1.55. The highest BCUT2D eigenvalue weighted by Gasteiger charge is 2.59. The van der Waals surface area contributed by atoms with E-state index in [1.807, 2.05) is 31.4 Å². The fourth-order valence-electron chi connectivity index (χ4n) is 7.14. The summed E-state index contributed by atoms with van der Waals surface area (Å²) < 4.78 is 12.2. The first-order valence-electron chi connectivity index (χ1n) is 14.0. The van der Waals surface area contributed by atoms with Crippen LogP contribution in [0, 0.1) is 5.92 Å². The lowest BCUT2D eigenvalue weighted by atomic mass is 9.55. The number of hydrogen-bond donors (Lipinski definition) is 0. The molecule has 3 aromatic carbocycles. The largest absolute Gasteiger partial charge is 0.497 e. The Morgan fingerprint density at radius 3 is 2.55 bits per heavy atom. The summed E-state index contributed by atoms with van der Waals surface area (Å²) in [6.45, 7) is 7.03. The first-order chi connectivity index (χ1) is 18.3. The van der Waals surface area contributed by atoms with Crippen molar-refractivity contribution in [3.63, 3.8) is 0 Å². The third kappa shape index (κ3) is 4.71. The summed E-state index contributed by atoms with van der Waals surface area (Å²) in [7, 11) is 5.79. The van der Waals surface area contributed by atoms with E-state index in [0.717, 1.165) is 67.4 Å². The Kier molecular flexibility index (Phi) is 7.52. The van der Waals surface area contributed by atoms with Crippen LogP contribution in [0.4, 0.5) is 0 Å². The monoisotopic (exact) mass is 514 g/mol. The van der Waals surface area contributed by atoms with Crippen LogP contribution in [0.5, 0.6) is 5.75 Å². The number of rotatable bonds is 7. The molecule has 1 heterocycles. The number of likely N-dealkylation sites (tertiary alicyclic amines) is 1. The van der Waals surface area contributed by atoms with Crippen LogP contribution in [0.15, 0.2) is 66.7 Å². The lowest BCUT2D eigenvalue weighted by Crippen LogP contribution is -2.67. The normalized spacial score (nSPS) is 25.8. The van der Waals surface area contributed by atoms with Crippen molar-refractivity contribution < 1.29 is 14.3 Å². The van der Waals surface area contributed by atoms with Gasteiger partial charge in [-0.1, -0.05) is 56.3 Å². The molecule has 38 heavy (non-hydrogen) atoms. The zero-order valence-corrected chi connectivity index (χ0v) is 23.6. The van der Waals surface area contributed by atoms with Gasteiger partial charge in [-0.2, -0.15) is 0 Å². The number of piperidine rings is 1. The zero-order valence-electron chi connectivity index (χ0n) is 23.6. The van der Waals surface area contributed by atoms with E-state index < -0.39 is 0 Å². The molecular formula is C33H42N2O3. The molecule has 2 aliphatic rings. The third-order valence-corrected chi connectivity index (χ3v) is 9.06. The maximum Gasteiger partial charge on any atom is 0.254 e. The standard InChI is InChI=1S/C33H42N2O3/c1-24(2)22-35(31(36)27-14-13-25-9-6-7-10-26(25)19-27)29-15-16-33(38-5)23-34(3)18-17-32(33,21-29)28-11-8-12-30(20-28)37-4/h6-14,19-20,24,29H,15-18,21-23H2,1-5H3. The molecule has 3 aromatic rings. The number of amides is 1. The van der Waals surface area contributed by atoms with Crippen molar-refractivity contribution in [2.75, 3.05) is 40.9 Å². The Labute approximate surface area is 227 Å². The summed E-state index contributed by atoms with van der Waals surface area (Å²) in [6.07, 6.45) is 3.71. The van der Waals surface area contributed by atoms with Gasteiger partial charge in [-0.25, -0.2) is 0 Å². The second-order valence-corrected chi connectivity index (χ2v) is 11.8. The number of nitrogens with zero attached hydrogens (tertiary/aromatic N) is 2. The molecular weight excluding hydrogens is 472 g/mol. The van der Waals surface area contributed by atoms with Gasteiger partial charge in [0.05, 0.1) is 12.7 Å². The number of hydrogen-bond acceptors (Lipinski definition) is 4. The second-order valence-electron chi connectivity index (χ2n) is 11.8. The summed E-state index contributed by atoms with van der Waals surface area (Å²) in [5, 5.41) is 2.26. The fraction of sp³-hybridized carbons (Fsp3) is 0.485. The number of carbonyl (C=O) groups is 1. The van der Waals surface area contributed by atoms with Crippen LogP contribution in [0.3, 0.4) is 0 Å². The smallest absolute Gasteiger partial charge is 0.254 e. The molecule has 3 atom stereocenters. The van der Waals surface area contributed by atoms with E-state index in [4.69, 9.17) is 9.47 Å². The van der Waals surface area contributed by atoms with Crippen molar-refractivity contribution in [1.82, 2.24) is 9.80 Å². The van der Waals surface area contributed by atoms with Gasteiger partial charge in [0.15, 0.2) is 0 Å². The van der Waals surface area contributed by atoms with Crippen LogP contribution in [0.1, 0.15) is 55.5 Å². The van der Waals surface area contributed by atoms with E-state index >= 15 is 0 Å². The number of fused-ring (bicyclic) bond motifs is 2. The lowest BCUT2D eigenvalue weighted by molar-refractivity contribution is -0.150. The molecule has 0 aromatic heterocycles. The summed E-state index contributed by atoms with van der Waals surface area (Å²) in [5.41, 5.74) is 1.52. The molecule has 1 amide bonds. The molecule has 0 spiro atoms. The number of ether oxygens (including phenoxy) is 2. The van der Waals surface area contributed by atoms with E-state index in [2.05, 4.69) is 73.2 Å². The Morgan fingerprint density at radius 2 is 1.82 bits per heavy atom. The van der Waals surface area contributed by atoms with Gasteiger partial charge in [0.2, 0.25) is 0 Å². The molecule has 1 aliphatic heterocycles. The highest BCUT2D eigenvalue weighted by molar-refractivity contribution is 5.98. The summed E-state index contributed by atoms with van der Waals surface area (Å²) in [5.74, 6) is 1.38. The van der Waals surface area contributed by atoms with Gasteiger partial charge in [-0.05, 0) is 85.8 Å². The predicted molar refractivity (Wildman–Crippen MR) is 154 cm³/mol. The van der Waals surface area contributed by atoms with Gasteiger partial charge < -0.3 is 19.3 Å². The summed E-state index contributed by atoms with van der Waals surface area (Å²) in [4.78, 5) is 18.8. The van der Waals surface area contributed by atoms with Crippen molar-refractivity contribution in [2.24, 2.45) is 5.92 Å². The number of likely N-dealkylation sites (N-methyl/N-ethyl adjacent to an activating group) is 1. The van der Waals surface area contributed by atoms with Gasteiger partial charge in [-0.15, -0.1) is 0 Å². The van der Waals surface area contributed by atoms with Crippen LogP contribution in [-0.2, 0) is 10.2 Å². The maximum atomic E-state index is 14.2. The Hall–Kier alpha value is -2.89. The summed E-state index contributed by atoms with van der Waals surface area (Å²) in [6, 6.07) is 23.0. The molecule has 1 saturated carbocycles. The van der Waals surface area contributed by atoms with Crippen molar-refractivity contribution in [3.05, 3.63) is 77.9 Å². The molecule has 5 nitrogen and oxygen atoms in total.